The van der Waals surface area contributed by atoms with Gasteiger partial charge in [-0.2, -0.15) is 0 Å². The quantitative estimate of drug-likeness (QED) is 0.471. The summed E-state index contributed by atoms with van der Waals surface area (Å²) in [5, 5.41) is 0. The number of rotatable bonds is 5. The van der Waals surface area contributed by atoms with Gasteiger partial charge in [-0.05, 0) is 36.9 Å². The van der Waals surface area contributed by atoms with Gasteiger partial charge in [-0.25, -0.2) is 4.79 Å². The predicted octanol–water partition coefficient (Wildman–Crippen LogP) is 1.94. The number of carbonyl (C=O) groups is 1. The second-order valence-electron chi connectivity index (χ2n) is 2.86. The molecule has 6 heteroatoms. The molecule has 1 rings (SSSR count). The third kappa shape index (κ3) is 3.01. The largest absolute Gasteiger partial charge is 0.495 e. The van der Waals surface area contributed by atoms with Crippen molar-refractivity contribution in [3.05, 3.63) is 23.8 Å². The van der Waals surface area contributed by atoms with Gasteiger partial charge in [0, 0.05) is 0 Å². The Bertz CT molecular complexity index is 371. The van der Waals surface area contributed by atoms with E-state index in [-0.39, 0.29) is 5.97 Å². The summed E-state index contributed by atoms with van der Waals surface area (Å²) < 4.78 is 9.95. The summed E-state index contributed by atoms with van der Waals surface area (Å²) in [5.74, 6) is 0.184. The van der Waals surface area contributed by atoms with Crippen molar-refractivity contribution in [3.8, 4) is 5.75 Å². The number of hydrogen-bond acceptors (Lipinski definition) is 5. The molecule has 0 heterocycles. The average molecular weight is 245 g/mol. The fourth-order valence-electron chi connectivity index (χ4n) is 1.20. The highest BCUT2D eigenvalue weighted by molar-refractivity contribution is 6.14. The molecule has 0 unspecified atom stereocenters. The molecule has 2 N–H and O–H groups in total. The Morgan fingerprint density at radius 1 is 1.50 bits per heavy atom. The van der Waals surface area contributed by atoms with Crippen LogP contribution in [0.25, 0.3) is 0 Å². The minimum Gasteiger partial charge on any atom is -0.495 e. The normalized spacial score (nSPS) is 9.69. The summed E-state index contributed by atoms with van der Waals surface area (Å²) in [6.07, 6.45) is 0. The Labute approximate surface area is 98.8 Å². The van der Waals surface area contributed by atoms with Crippen LogP contribution in [0, 0.1) is 0 Å². The third-order valence-electron chi connectivity index (χ3n) is 1.89. The second-order valence-corrected chi connectivity index (χ2v) is 3.04. The van der Waals surface area contributed by atoms with E-state index in [0.717, 1.165) is 0 Å². The fraction of sp³-hybridized carbons (Fsp3) is 0.300. The molecule has 0 aromatic heterocycles. The van der Waals surface area contributed by atoms with Crippen molar-refractivity contribution in [1.82, 2.24) is 4.94 Å². The molecule has 0 aliphatic heterocycles. The van der Waals surface area contributed by atoms with Gasteiger partial charge in [-0.3, -0.25) is 0 Å². The van der Waals surface area contributed by atoms with Crippen LogP contribution in [0.1, 0.15) is 17.3 Å². The number of esters is 1. The zero-order valence-corrected chi connectivity index (χ0v) is 9.80. The van der Waals surface area contributed by atoms with E-state index in [2.05, 4.69) is 10.4 Å². The van der Waals surface area contributed by atoms with E-state index in [1.807, 2.05) is 0 Å². The molecular formula is C10H13ClN2O3. The van der Waals surface area contributed by atoms with Gasteiger partial charge in [0.1, 0.15) is 5.75 Å². The maximum Gasteiger partial charge on any atom is 0.338 e. The van der Waals surface area contributed by atoms with E-state index < -0.39 is 0 Å². The SMILES string of the molecule is CCOC(=O)c1ccc(OC)c(NNCl)c1. The maximum absolute atomic E-state index is 11.5. The summed E-state index contributed by atoms with van der Waals surface area (Å²) in [4.78, 5) is 13.7. The standard InChI is InChI=1S/C10H13ClN2O3/c1-3-16-10(14)7-4-5-9(15-2)8(6-7)12-13-11/h4-6,12-13H,3H2,1-2H3. The van der Waals surface area contributed by atoms with Crippen molar-refractivity contribution in [1.29, 1.82) is 0 Å². The van der Waals surface area contributed by atoms with Crippen molar-refractivity contribution < 1.29 is 14.3 Å². The number of halogens is 1. The number of hydrazine groups is 1. The van der Waals surface area contributed by atoms with E-state index in [0.29, 0.717) is 23.6 Å². The monoisotopic (exact) mass is 244 g/mol. The number of carbonyl (C=O) groups excluding carboxylic acids is 1. The molecule has 0 amide bonds. The Hall–Kier alpha value is -1.46. The number of methoxy groups -OCH3 is 1. The summed E-state index contributed by atoms with van der Waals surface area (Å²) in [6, 6.07) is 4.87. The third-order valence-corrected chi connectivity index (χ3v) is 1.99. The second kappa shape index (κ2) is 6.19. The fourth-order valence-corrected chi connectivity index (χ4v) is 1.30. The highest BCUT2D eigenvalue weighted by Crippen LogP contribution is 2.25. The summed E-state index contributed by atoms with van der Waals surface area (Å²) in [5.41, 5.74) is 3.63. The average Bonchev–Trinajstić information content (AvgIpc) is 2.29. The minimum absolute atomic E-state index is 0.335. The summed E-state index contributed by atoms with van der Waals surface area (Å²) >= 11 is 5.33. The minimum atomic E-state index is -0.386. The van der Waals surface area contributed by atoms with Crippen LogP contribution in [-0.4, -0.2) is 19.7 Å². The molecule has 16 heavy (non-hydrogen) atoms. The molecule has 0 bridgehead atoms. The van der Waals surface area contributed by atoms with Crippen LogP contribution >= 0.6 is 11.8 Å². The number of ether oxygens (including phenoxy) is 2. The van der Waals surface area contributed by atoms with Crippen molar-refractivity contribution in [3.63, 3.8) is 0 Å². The summed E-state index contributed by atoms with van der Waals surface area (Å²) in [7, 11) is 1.53. The van der Waals surface area contributed by atoms with Gasteiger partial charge in [0.15, 0.2) is 0 Å². The van der Waals surface area contributed by atoms with E-state index in [1.54, 1.807) is 25.1 Å². The number of anilines is 1. The van der Waals surface area contributed by atoms with Crippen LogP contribution in [0.15, 0.2) is 18.2 Å². The van der Waals surface area contributed by atoms with E-state index in [4.69, 9.17) is 21.3 Å². The lowest BCUT2D eigenvalue weighted by Crippen LogP contribution is -2.11. The zero-order valence-electron chi connectivity index (χ0n) is 9.04. The first-order valence-electron chi connectivity index (χ1n) is 4.69. The Balaban J connectivity index is 2.96. The molecule has 5 nitrogen and oxygen atoms in total. The van der Waals surface area contributed by atoms with Crippen molar-refractivity contribution >= 4 is 23.4 Å². The molecule has 0 atom stereocenters. The smallest absolute Gasteiger partial charge is 0.338 e. The molecule has 0 aliphatic rings. The van der Waals surface area contributed by atoms with Gasteiger partial charge in [0.25, 0.3) is 0 Å². The molecule has 88 valence electrons. The van der Waals surface area contributed by atoms with E-state index >= 15 is 0 Å². The lowest BCUT2D eigenvalue weighted by molar-refractivity contribution is 0.0526. The first kappa shape index (κ1) is 12.6. The van der Waals surface area contributed by atoms with Crippen LogP contribution < -0.4 is 15.1 Å². The van der Waals surface area contributed by atoms with Crippen LogP contribution in [0.5, 0.6) is 5.75 Å². The Morgan fingerprint density at radius 3 is 2.81 bits per heavy atom. The number of hydrogen-bond donors (Lipinski definition) is 2. The first-order chi connectivity index (χ1) is 7.72. The highest BCUT2D eigenvalue weighted by Gasteiger charge is 2.10. The first-order valence-corrected chi connectivity index (χ1v) is 5.07. The maximum atomic E-state index is 11.5. The van der Waals surface area contributed by atoms with Crippen molar-refractivity contribution in [2.24, 2.45) is 0 Å². The van der Waals surface area contributed by atoms with Gasteiger partial charge < -0.3 is 14.9 Å². The number of nitrogens with one attached hydrogen (secondary N) is 2. The van der Waals surface area contributed by atoms with Gasteiger partial charge >= 0.3 is 5.97 Å². The molecule has 0 radical (unpaired) electrons. The van der Waals surface area contributed by atoms with E-state index in [9.17, 15) is 4.79 Å². The summed E-state index contributed by atoms with van der Waals surface area (Å²) in [6.45, 7) is 2.09. The topological polar surface area (TPSA) is 59.6 Å². The molecule has 0 saturated carbocycles. The number of benzene rings is 1. The van der Waals surface area contributed by atoms with Crippen LogP contribution in [-0.2, 0) is 4.74 Å². The van der Waals surface area contributed by atoms with E-state index in [1.165, 1.54) is 7.11 Å². The molecule has 0 aliphatic carbocycles. The highest BCUT2D eigenvalue weighted by atomic mass is 35.5. The van der Waals surface area contributed by atoms with Crippen molar-refractivity contribution in [2.45, 2.75) is 6.92 Å². The van der Waals surface area contributed by atoms with Gasteiger partial charge in [0.2, 0.25) is 0 Å². The van der Waals surface area contributed by atoms with Crippen LogP contribution in [0.2, 0.25) is 0 Å². The van der Waals surface area contributed by atoms with Crippen molar-refractivity contribution in [2.75, 3.05) is 19.1 Å². The Morgan fingerprint density at radius 2 is 2.25 bits per heavy atom. The zero-order chi connectivity index (χ0) is 12.0. The van der Waals surface area contributed by atoms with Gasteiger partial charge in [-0.15, -0.1) is 4.94 Å². The molecule has 1 aromatic rings. The predicted molar refractivity (Wildman–Crippen MR) is 61.6 cm³/mol. The molecule has 0 fully saturated rings. The van der Waals surface area contributed by atoms with Gasteiger partial charge in [0.05, 0.1) is 25.0 Å². The molecule has 0 spiro atoms. The lowest BCUT2D eigenvalue weighted by Gasteiger charge is -2.10. The Kier molecular flexibility index (Phi) is 4.88. The molecular weight excluding hydrogens is 232 g/mol. The van der Waals surface area contributed by atoms with Gasteiger partial charge in [-0.1, -0.05) is 0 Å². The van der Waals surface area contributed by atoms with Crippen LogP contribution in [0.4, 0.5) is 5.69 Å². The van der Waals surface area contributed by atoms with Crippen LogP contribution in [0.3, 0.4) is 0 Å². The molecule has 0 saturated heterocycles. The molecule has 1 aromatic carbocycles. The lowest BCUT2D eigenvalue weighted by atomic mass is 10.2.